The topological polar surface area (TPSA) is 51.0 Å². The summed E-state index contributed by atoms with van der Waals surface area (Å²) >= 11 is 0. The molecule has 0 aliphatic heterocycles. The predicted octanol–water partition coefficient (Wildman–Crippen LogP) is 1.71. The van der Waals surface area contributed by atoms with E-state index in [1.165, 1.54) is 4.90 Å². The molecule has 2 aromatic rings. The van der Waals surface area contributed by atoms with E-state index < -0.39 is 0 Å². The van der Waals surface area contributed by atoms with Crippen molar-refractivity contribution in [2.75, 3.05) is 14.1 Å². The molecule has 0 aromatic carbocycles. The SMILES string of the molecule is CC(C)n1ncc2cc(C(=O)N(C)C)cnc21. The van der Waals surface area contributed by atoms with Crippen LogP contribution in [0.5, 0.6) is 0 Å². The van der Waals surface area contributed by atoms with Gasteiger partial charge in [-0.05, 0) is 19.9 Å². The van der Waals surface area contributed by atoms with Gasteiger partial charge in [-0.3, -0.25) is 4.79 Å². The molecule has 1 amide bonds. The number of hydrogen-bond donors (Lipinski definition) is 0. The van der Waals surface area contributed by atoms with E-state index >= 15 is 0 Å². The van der Waals surface area contributed by atoms with Crippen molar-refractivity contribution in [3.05, 3.63) is 24.0 Å². The van der Waals surface area contributed by atoms with Crippen LogP contribution in [0, 0.1) is 0 Å². The second kappa shape index (κ2) is 4.16. The summed E-state index contributed by atoms with van der Waals surface area (Å²) in [6.45, 7) is 4.10. The van der Waals surface area contributed by atoms with E-state index in [1.54, 1.807) is 26.5 Å². The van der Waals surface area contributed by atoms with Crippen LogP contribution in [0.2, 0.25) is 0 Å². The molecular formula is C12H16N4O. The summed E-state index contributed by atoms with van der Waals surface area (Å²) in [7, 11) is 3.45. The first kappa shape index (κ1) is 11.6. The molecule has 0 aliphatic rings. The lowest BCUT2D eigenvalue weighted by molar-refractivity contribution is 0.0827. The Morgan fingerprint density at radius 2 is 2.06 bits per heavy atom. The molecule has 0 spiro atoms. The minimum absolute atomic E-state index is 0.0447. The first-order valence-electron chi connectivity index (χ1n) is 5.55. The number of pyridine rings is 1. The largest absolute Gasteiger partial charge is 0.345 e. The maximum absolute atomic E-state index is 11.8. The highest BCUT2D eigenvalue weighted by Crippen LogP contribution is 2.17. The molecule has 0 unspecified atom stereocenters. The lowest BCUT2D eigenvalue weighted by Gasteiger charge is -2.10. The summed E-state index contributed by atoms with van der Waals surface area (Å²) < 4.78 is 1.85. The van der Waals surface area contributed by atoms with Crippen LogP contribution >= 0.6 is 0 Å². The third-order valence-electron chi connectivity index (χ3n) is 2.58. The van der Waals surface area contributed by atoms with E-state index in [1.807, 2.05) is 24.6 Å². The number of aromatic nitrogens is 3. The average molecular weight is 232 g/mol. The van der Waals surface area contributed by atoms with Gasteiger partial charge in [-0.15, -0.1) is 0 Å². The third kappa shape index (κ3) is 2.00. The molecule has 0 radical (unpaired) electrons. The van der Waals surface area contributed by atoms with Gasteiger partial charge in [0.15, 0.2) is 5.65 Å². The fourth-order valence-corrected chi connectivity index (χ4v) is 1.69. The van der Waals surface area contributed by atoms with Crippen molar-refractivity contribution in [2.24, 2.45) is 0 Å². The first-order valence-corrected chi connectivity index (χ1v) is 5.55. The molecule has 0 atom stereocenters. The monoisotopic (exact) mass is 232 g/mol. The normalized spacial score (nSPS) is 11.1. The van der Waals surface area contributed by atoms with Crippen molar-refractivity contribution < 1.29 is 4.79 Å². The van der Waals surface area contributed by atoms with Crippen molar-refractivity contribution in [3.63, 3.8) is 0 Å². The van der Waals surface area contributed by atoms with Crippen LogP contribution in [0.15, 0.2) is 18.5 Å². The average Bonchev–Trinajstić information content (AvgIpc) is 2.70. The van der Waals surface area contributed by atoms with Gasteiger partial charge in [0.2, 0.25) is 0 Å². The van der Waals surface area contributed by atoms with Crippen molar-refractivity contribution in [1.29, 1.82) is 0 Å². The molecule has 0 fully saturated rings. The van der Waals surface area contributed by atoms with E-state index in [0.29, 0.717) is 5.56 Å². The molecule has 0 bridgehead atoms. The van der Waals surface area contributed by atoms with Gasteiger partial charge in [-0.1, -0.05) is 0 Å². The highest BCUT2D eigenvalue weighted by atomic mass is 16.2. The number of fused-ring (bicyclic) bond motifs is 1. The van der Waals surface area contributed by atoms with Gasteiger partial charge < -0.3 is 4.90 Å². The smallest absolute Gasteiger partial charge is 0.254 e. The van der Waals surface area contributed by atoms with Gasteiger partial charge >= 0.3 is 0 Å². The molecule has 2 aromatic heterocycles. The zero-order valence-corrected chi connectivity index (χ0v) is 10.5. The number of hydrogen-bond acceptors (Lipinski definition) is 3. The molecule has 0 N–H and O–H groups in total. The van der Waals surface area contributed by atoms with E-state index in [0.717, 1.165) is 11.0 Å². The summed E-state index contributed by atoms with van der Waals surface area (Å²) in [6.07, 6.45) is 3.35. The first-order chi connectivity index (χ1) is 8.00. The Bertz CT molecular complexity index is 557. The zero-order valence-electron chi connectivity index (χ0n) is 10.5. The number of carbonyl (C=O) groups excluding carboxylic acids is 1. The molecule has 0 saturated heterocycles. The van der Waals surface area contributed by atoms with Gasteiger partial charge in [-0.2, -0.15) is 5.10 Å². The molecule has 2 rings (SSSR count). The Labute approximate surface area is 100 Å². The molecule has 5 heteroatoms. The van der Waals surface area contributed by atoms with Gasteiger partial charge in [0.1, 0.15) is 0 Å². The van der Waals surface area contributed by atoms with Crippen LogP contribution in [-0.2, 0) is 0 Å². The van der Waals surface area contributed by atoms with E-state index in [-0.39, 0.29) is 11.9 Å². The van der Waals surface area contributed by atoms with Crippen molar-refractivity contribution in [3.8, 4) is 0 Å². The summed E-state index contributed by atoms with van der Waals surface area (Å²) in [6, 6.07) is 2.09. The Morgan fingerprint density at radius 3 is 2.65 bits per heavy atom. The van der Waals surface area contributed by atoms with Crippen LogP contribution in [0.3, 0.4) is 0 Å². The molecule has 5 nitrogen and oxygen atoms in total. The zero-order chi connectivity index (χ0) is 12.6. The quantitative estimate of drug-likeness (QED) is 0.792. The molecule has 90 valence electrons. The van der Waals surface area contributed by atoms with Crippen molar-refractivity contribution in [2.45, 2.75) is 19.9 Å². The highest BCUT2D eigenvalue weighted by molar-refractivity contribution is 5.96. The van der Waals surface area contributed by atoms with E-state index in [9.17, 15) is 4.79 Å². The summed E-state index contributed by atoms with van der Waals surface area (Å²) in [4.78, 5) is 17.6. The lowest BCUT2D eigenvalue weighted by atomic mass is 10.2. The second-order valence-electron chi connectivity index (χ2n) is 4.52. The fourth-order valence-electron chi connectivity index (χ4n) is 1.69. The fraction of sp³-hybridized carbons (Fsp3) is 0.417. The van der Waals surface area contributed by atoms with Gasteiger partial charge in [-0.25, -0.2) is 9.67 Å². The summed E-state index contributed by atoms with van der Waals surface area (Å²) in [5.41, 5.74) is 1.40. The minimum Gasteiger partial charge on any atom is -0.345 e. The number of rotatable bonds is 2. The van der Waals surface area contributed by atoms with E-state index in [2.05, 4.69) is 10.1 Å². The van der Waals surface area contributed by atoms with Crippen molar-refractivity contribution in [1.82, 2.24) is 19.7 Å². The lowest BCUT2D eigenvalue weighted by Crippen LogP contribution is -2.21. The Balaban J connectivity index is 2.50. The minimum atomic E-state index is -0.0447. The maximum Gasteiger partial charge on any atom is 0.254 e. The molecule has 17 heavy (non-hydrogen) atoms. The third-order valence-corrected chi connectivity index (χ3v) is 2.58. The highest BCUT2D eigenvalue weighted by Gasteiger charge is 2.12. The van der Waals surface area contributed by atoms with Crippen LogP contribution in [0.4, 0.5) is 0 Å². The Hall–Kier alpha value is -1.91. The van der Waals surface area contributed by atoms with E-state index in [4.69, 9.17) is 0 Å². The predicted molar refractivity (Wildman–Crippen MR) is 65.9 cm³/mol. The molecule has 0 aliphatic carbocycles. The molecular weight excluding hydrogens is 216 g/mol. The Kier molecular flexibility index (Phi) is 2.83. The van der Waals surface area contributed by atoms with Crippen LogP contribution in [-0.4, -0.2) is 39.7 Å². The molecule has 2 heterocycles. The van der Waals surface area contributed by atoms with Gasteiger partial charge in [0.25, 0.3) is 5.91 Å². The van der Waals surface area contributed by atoms with Crippen molar-refractivity contribution >= 4 is 16.9 Å². The second-order valence-corrected chi connectivity index (χ2v) is 4.52. The van der Waals surface area contributed by atoms with Crippen LogP contribution in [0.1, 0.15) is 30.2 Å². The summed E-state index contributed by atoms with van der Waals surface area (Å²) in [5, 5.41) is 5.16. The standard InChI is InChI=1S/C12H16N4O/c1-8(2)16-11-9(7-14-16)5-10(6-13-11)12(17)15(3)4/h5-8H,1-4H3. The maximum atomic E-state index is 11.8. The van der Waals surface area contributed by atoms with Gasteiger partial charge in [0.05, 0.1) is 11.8 Å². The van der Waals surface area contributed by atoms with Gasteiger partial charge in [0, 0.05) is 31.7 Å². The summed E-state index contributed by atoms with van der Waals surface area (Å²) in [5.74, 6) is -0.0447. The molecule has 0 saturated carbocycles. The van der Waals surface area contributed by atoms with Crippen LogP contribution in [0.25, 0.3) is 11.0 Å². The number of amides is 1. The van der Waals surface area contributed by atoms with Crippen LogP contribution < -0.4 is 0 Å². The number of carbonyl (C=O) groups is 1. The Morgan fingerprint density at radius 1 is 1.35 bits per heavy atom. The number of nitrogens with zero attached hydrogens (tertiary/aromatic N) is 4.